The Morgan fingerprint density at radius 2 is 1.87 bits per heavy atom. The van der Waals surface area contributed by atoms with Gasteiger partial charge in [0.1, 0.15) is 12.0 Å². The van der Waals surface area contributed by atoms with Crippen LogP contribution in [0.2, 0.25) is 0 Å². The van der Waals surface area contributed by atoms with Crippen molar-refractivity contribution in [3.8, 4) is 0 Å². The van der Waals surface area contributed by atoms with Gasteiger partial charge in [0.15, 0.2) is 16.8 Å². The van der Waals surface area contributed by atoms with E-state index in [4.69, 9.17) is 5.73 Å². The van der Waals surface area contributed by atoms with Crippen molar-refractivity contribution in [2.45, 2.75) is 13.8 Å². The number of rotatable bonds is 4. The number of benzene rings is 1. The van der Waals surface area contributed by atoms with Crippen molar-refractivity contribution < 1.29 is 0 Å². The highest BCUT2D eigenvalue weighted by Gasteiger charge is 2.11. The molecular weight excluding hydrogens is 376 g/mol. The van der Waals surface area contributed by atoms with Crippen LogP contribution in [-0.4, -0.2) is 15.0 Å². The Morgan fingerprint density at radius 1 is 1.13 bits per heavy atom. The van der Waals surface area contributed by atoms with Crippen molar-refractivity contribution in [1.82, 2.24) is 15.0 Å². The minimum Gasteiger partial charge on any atom is -0.393 e. The Balaban J connectivity index is 1.86. The van der Waals surface area contributed by atoms with Crippen molar-refractivity contribution >= 4 is 55.4 Å². The Morgan fingerprint density at radius 3 is 2.52 bits per heavy atom. The molecule has 0 unspecified atom stereocenters. The quantitative estimate of drug-likeness (QED) is 0.612. The third-order valence-electron chi connectivity index (χ3n) is 3.23. The fourth-order valence-corrected chi connectivity index (χ4v) is 3.14. The number of halogens is 1. The van der Waals surface area contributed by atoms with Crippen LogP contribution in [0.5, 0.6) is 0 Å². The van der Waals surface area contributed by atoms with Gasteiger partial charge in [-0.2, -0.15) is 0 Å². The summed E-state index contributed by atoms with van der Waals surface area (Å²) < 4.78 is 0.974. The van der Waals surface area contributed by atoms with Crippen LogP contribution in [0, 0.1) is 13.8 Å². The molecule has 118 valence electrons. The zero-order valence-electron chi connectivity index (χ0n) is 12.6. The average molecular weight is 391 g/mol. The van der Waals surface area contributed by atoms with Crippen LogP contribution in [-0.2, 0) is 0 Å². The fourth-order valence-electron chi connectivity index (χ4n) is 1.93. The van der Waals surface area contributed by atoms with Gasteiger partial charge in [0.25, 0.3) is 0 Å². The zero-order chi connectivity index (χ0) is 16.4. The van der Waals surface area contributed by atoms with Gasteiger partial charge in [-0.3, -0.25) is 0 Å². The maximum Gasteiger partial charge on any atom is 0.188 e. The second kappa shape index (κ2) is 6.51. The van der Waals surface area contributed by atoms with E-state index in [1.54, 1.807) is 11.3 Å². The van der Waals surface area contributed by atoms with Crippen molar-refractivity contribution in [1.29, 1.82) is 0 Å². The molecule has 4 N–H and O–H groups in total. The first-order chi connectivity index (χ1) is 11.0. The van der Waals surface area contributed by atoms with Gasteiger partial charge in [0.2, 0.25) is 0 Å². The molecule has 0 radical (unpaired) electrons. The van der Waals surface area contributed by atoms with E-state index in [0.717, 1.165) is 25.9 Å². The summed E-state index contributed by atoms with van der Waals surface area (Å²) in [4.78, 5) is 14.0. The van der Waals surface area contributed by atoms with Crippen LogP contribution in [0.25, 0.3) is 0 Å². The van der Waals surface area contributed by atoms with Crippen LogP contribution >= 0.6 is 27.3 Å². The largest absolute Gasteiger partial charge is 0.393 e. The lowest BCUT2D eigenvalue weighted by Crippen LogP contribution is -2.05. The lowest BCUT2D eigenvalue weighted by Gasteiger charge is -2.11. The third-order valence-corrected chi connectivity index (χ3v) is 4.71. The number of hydrogen-bond acceptors (Lipinski definition) is 7. The molecular formula is C15H15BrN6S. The molecule has 1 aromatic carbocycles. The lowest BCUT2D eigenvalue weighted by molar-refractivity contribution is 1.16. The Kier molecular flexibility index (Phi) is 4.44. The lowest BCUT2D eigenvalue weighted by atomic mass is 10.3. The molecule has 0 aliphatic carbocycles. The third kappa shape index (κ3) is 3.59. The van der Waals surface area contributed by atoms with Crippen LogP contribution in [0.4, 0.5) is 28.1 Å². The normalized spacial score (nSPS) is 10.6. The number of nitrogens with zero attached hydrogens (tertiary/aromatic N) is 3. The molecule has 3 rings (SSSR count). The molecule has 0 bridgehead atoms. The summed E-state index contributed by atoms with van der Waals surface area (Å²) in [5.41, 5.74) is 8.50. The van der Waals surface area contributed by atoms with Gasteiger partial charge in [-0.1, -0.05) is 22.0 Å². The summed E-state index contributed by atoms with van der Waals surface area (Å²) in [6.45, 7) is 4.00. The van der Waals surface area contributed by atoms with E-state index in [9.17, 15) is 0 Å². The minimum absolute atomic E-state index is 0.443. The number of aryl methyl sites for hydroxylation is 2. The highest BCUT2D eigenvalue weighted by atomic mass is 79.9. The Bertz CT molecular complexity index is 828. The number of nitrogens with two attached hydrogens (primary N) is 1. The highest BCUT2D eigenvalue weighted by Crippen LogP contribution is 2.30. The number of anilines is 5. The number of aromatic nitrogens is 3. The molecule has 3 aromatic rings. The van der Waals surface area contributed by atoms with Gasteiger partial charge in [-0.05, 0) is 32.0 Å². The molecule has 0 spiro atoms. The Hall–Kier alpha value is -2.19. The van der Waals surface area contributed by atoms with Gasteiger partial charge < -0.3 is 16.4 Å². The van der Waals surface area contributed by atoms with Crippen LogP contribution in [0.1, 0.15) is 10.6 Å². The van der Waals surface area contributed by atoms with E-state index >= 15 is 0 Å². The summed E-state index contributed by atoms with van der Waals surface area (Å²) in [6.07, 6.45) is 1.46. The molecule has 0 atom stereocenters. The summed E-state index contributed by atoms with van der Waals surface area (Å²) in [6, 6.07) is 7.77. The molecule has 2 heterocycles. The van der Waals surface area contributed by atoms with Crippen LogP contribution in [0.3, 0.4) is 0 Å². The molecule has 0 aliphatic rings. The molecule has 6 nitrogen and oxygen atoms in total. The Labute approximate surface area is 146 Å². The minimum atomic E-state index is 0.443. The van der Waals surface area contributed by atoms with E-state index in [2.05, 4.69) is 41.5 Å². The van der Waals surface area contributed by atoms with E-state index in [1.807, 2.05) is 38.1 Å². The zero-order valence-corrected chi connectivity index (χ0v) is 15.0. The first-order valence-electron chi connectivity index (χ1n) is 6.87. The monoisotopic (exact) mass is 390 g/mol. The smallest absolute Gasteiger partial charge is 0.188 e. The summed E-state index contributed by atoms with van der Waals surface area (Å²) >= 11 is 5.00. The molecule has 0 saturated heterocycles. The predicted molar refractivity (Wildman–Crippen MR) is 98.7 cm³/mol. The molecule has 0 aliphatic heterocycles. The predicted octanol–water partition coefficient (Wildman–Crippen LogP) is 4.38. The van der Waals surface area contributed by atoms with Gasteiger partial charge in [-0.25, -0.2) is 15.0 Å². The maximum atomic E-state index is 6.18. The van der Waals surface area contributed by atoms with Gasteiger partial charge in [0, 0.05) is 15.0 Å². The van der Waals surface area contributed by atoms with Gasteiger partial charge in [-0.15, -0.1) is 11.3 Å². The number of nitrogen functional groups attached to an aromatic ring is 1. The fraction of sp³-hybridized carbons (Fsp3) is 0.133. The van der Waals surface area contributed by atoms with E-state index in [1.165, 1.54) is 6.33 Å². The van der Waals surface area contributed by atoms with E-state index in [-0.39, 0.29) is 0 Å². The first-order valence-corrected chi connectivity index (χ1v) is 8.48. The molecule has 23 heavy (non-hydrogen) atoms. The second-order valence-corrected chi connectivity index (χ2v) is 7.02. The van der Waals surface area contributed by atoms with Crippen LogP contribution in [0.15, 0.2) is 35.1 Å². The highest BCUT2D eigenvalue weighted by molar-refractivity contribution is 9.10. The summed E-state index contributed by atoms with van der Waals surface area (Å²) in [7, 11) is 0. The molecule has 2 aromatic heterocycles. The molecule has 0 saturated carbocycles. The SMILES string of the molecule is Cc1nc(Nc2ncnc(Nc3cccc(Br)c3)c2N)sc1C. The van der Waals surface area contributed by atoms with Crippen molar-refractivity contribution in [3.63, 3.8) is 0 Å². The standard InChI is InChI=1S/C15H15BrN6S/c1-8-9(2)23-15(20-8)22-14-12(17)13(18-7-19-14)21-11-5-3-4-10(16)6-11/h3-7H,17H2,1-2H3,(H2,18,19,20,21,22). The van der Waals surface area contributed by atoms with Crippen LogP contribution < -0.4 is 16.4 Å². The first kappa shape index (κ1) is 15.7. The molecule has 0 fully saturated rings. The van der Waals surface area contributed by atoms with Crippen molar-refractivity contribution in [2.24, 2.45) is 0 Å². The summed E-state index contributed by atoms with van der Waals surface area (Å²) in [5.74, 6) is 1.08. The number of thiazole rings is 1. The maximum absolute atomic E-state index is 6.18. The van der Waals surface area contributed by atoms with Crippen molar-refractivity contribution in [2.75, 3.05) is 16.4 Å². The van der Waals surface area contributed by atoms with E-state index < -0.39 is 0 Å². The average Bonchev–Trinajstić information content (AvgIpc) is 2.82. The van der Waals surface area contributed by atoms with E-state index in [0.29, 0.717) is 17.3 Å². The number of nitrogens with one attached hydrogen (secondary N) is 2. The molecule has 0 amide bonds. The summed E-state index contributed by atoms with van der Waals surface area (Å²) in [5, 5.41) is 7.11. The van der Waals surface area contributed by atoms with Gasteiger partial charge in [0.05, 0.1) is 5.69 Å². The second-order valence-electron chi connectivity index (χ2n) is 4.91. The number of hydrogen-bond donors (Lipinski definition) is 3. The molecule has 8 heteroatoms. The van der Waals surface area contributed by atoms with Crippen molar-refractivity contribution in [3.05, 3.63) is 45.6 Å². The topological polar surface area (TPSA) is 88.8 Å². The van der Waals surface area contributed by atoms with Gasteiger partial charge >= 0.3 is 0 Å².